The van der Waals surface area contributed by atoms with E-state index >= 15 is 0 Å². The van der Waals surface area contributed by atoms with E-state index in [1.807, 2.05) is 0 Å². The minimum absolute atomic E-state index is 0.0841. The molecule has 1 fully saturated rings. The Hall–Kier alpha value is -1.86. The molecule has 5 nitrogen and oxygen atoms in total. The van der Waals surface area contributed by atoms with Crippen LogP contribution in [0.4, 0.5) is 19.0 Å². The number of aromatic nitrogens is 2. The Labute approximate surface area is 107 Å². The highest BCUT2D eigenvalue weighted by molar-refractivity contribution is 5.67. The van der Waals surface area contributed by atoms with Crippen LogP contribution in [0.25, 0.3) is 0 Å². The molecule has 8 heteroatoms. The molecule has 1 aromatic heterocycles. The van der Waals surface area contributed by atoms with Crippen molar-refractivity contribution in [2.24, 2.45) is 0 Å². The Kier molecular flexibility index (Phi) is 3.59. The van der Waals surface area contributed by atoms with Crippen molar-refractivity contribution in [1.29, 1.82) is 0 Å². The first-order chi connectivity index (χ1) is 8.88. The lowest BCUT2D eigenvalue weighted by Crippen LogP contribution is -2.29. The first kappa shape index (κ1) is 13.6. The van der Waals surface area contributed by atoms with Crippen LogP contribution in [0.2, 0.25) is 0 Å². The molecule has 1 saturated carbocycles. The van der Waals surface area contributed by atoms with Crippen LogP contribution in [0.1, 0.15) is 25.0 Å². The van der Waals surface area contributed by atoms with Crippen LogP contribution in [0, 0.1) is 0 Å². The van der Waals surface area contributed by atoms with E-state index in [0.717, 1.165) is 18.9 Å². The molecule has 0 radical (unpaired) electrons. The Morgan fingerprint density at radius 1 is 1.37 bits per heavy atom. The number of carbonyl (C=O) groups is 1. The molecule has 104 valence electrons. The summed E-state index contributed by atoms with van der Waals surface area (Å²) in [6.07, 6.45) is -2.82. The van der Waals surface area contributed by atoms with E-state index in [2.05, 4.69) is 10.2 Å². The van der Waals surface area contributed by atoms with Gasteiger partial charge in [0.25, 0.3) is 0 Å². The fraction of sp³-hybridized carbons (Fsp3) is 0.545. The summed E-state index contributed by atoms with van der Waals surface area (Å²) < 4.78 is 37.1. The van der Waals surface area contributed by atoms with Crippen molar-refractivity contribution in [3.05, 3.63) is 17.8 Å². The highest BCUT2D eigenvalue weighted by Gasteiger charge is 2.34. The second-order valence-corrected chi connectivity index (χ2v) is 4.34. The predicted molar refractivity (Wildman–Crippen MR) is 59.7 cm³/mol. The topological polar surface area (TPSA) is 66.3 Å². The van der Waals surface area contributed by atoms with Crippen LogP contribution >= 0.6 is 0 Å². The van der Waals surface area contributed by atoms with E-state index in [0.29, 0.717) is 0 Å². The van der Waals surface area contributed by atoms with Crippen molar-refractivity contribution in [3.8, 4) is 0 Å². The van der Waals surface area contributed by atoms with Gasteiger partial charge in [-0.2, -0.15) is 13.2 Å². The van der Waals surface area contributed by atoms with Gasteiger partial charge in [-0.25, -0.2) is 0 Å². The molecule has 1 heterocycles. The van der Waals surface area contributed by atoms with Crippen molar-refractivity contribution in [2.45, 2.75) is 31.5 Å². The van der Waals surface area contributed by atoms with Crippen molar-refractivity contribution in [2.75, 3.05) is 11.4 Å². The molecular weight excluding hydrogens is 263 g/mol. The molecule has 2 rings (SSSR count). The maximum Gasteiger partial charge on any atom is 0.435 e. The van der Waals surface area contributed by atoms with Gasteiger partial charge in [0, 0.05) is 12.6 Å². The smallest absolute Gasteiger partial charge is 0.435 e. The summed E-state index contributed by atoms with van der Waals surface area (Å²) in [5.74, 6) is -0.665. The first-order valence-corrected chi connectivity index (χ1v) is 5.77. The normalized spacial score (nSPS) is 15.3. The van der Waals surface area contributed by atoms with Gasteiger partial charge in [0.05, 0.1) is 6.42 Å². The first-order valence-electron chi connectivity index (χ1n) is 5.77. The SMILES string of the molecule is O=C(O)CCN(c1ccc(C(F)(F)F)nn1)C1CC1. The van der Waals surface area contributed by atoms with Crippen LogP contribution < -0.4 is 4.90 Å². The van der Waals surface area contributed by atoms with Gasteiger partial charge in [-0.3, -0.25) is 4.79 Å². The third-order valence-corrected chi connectivity index (χ3v) is 2.79. The molecule has 1 aliphatic rings. The van der Waals surface area contributed by atoms with E-state index in [1.165, 1.54) is 6.07 Å². The van der Waals surface area contributed by atoms with Gasteiger partial charge in [0.15, 0.2) is 11.5 Å². The van der Waals surface area contributed by atoms with Crippen LogP contribution in [0.5, 0.6) is 0 Å². The molecule has 0 saturated heterocycles. The van der Waals surface area contributed by atoms with Gasteiger partial charge in [-0.15, -0.1) is 10.2 Å². The lowest BCUT2D eigenvalue weighted by molar-refractivity contribution is -0.141. The summed E-state index contributed by atoms with van der Waals surface area (Å²) >= 11 is 0. The van der Waals surface area contributed by atoms with E-state index < -0.39 is 17.8 Å². The number of anilines is 1. The Morgan fingerprint density at radius 3 is 2.47 bits per heavy atom. The van der Waals surface area contributed by atoms with Crippen molar-refractivity contribution >= 4 is 11.8 Å². The predicted octanol–water partition coefficient (Wildman–Crippen LogP) is 1.94. The molecule has 0 aliphatic heterocycles. The van der Waals surface area contributed by atoms with Gasteiger partial charge in [0.1, 0.15) is 0 Å². The molecule has 1 N–H and O–H groups in total. The number of hydrogen-bond acceptors (Lipinski definition) is 4. The van der Waals surface area contributed by atoms with Crippen molar-refractivity contribution < 1.29 is 23.1 Å². The second kappa shape index (κ2) is 5.02. The van der Waals surface area contributed by atoms with Crippen LogP contribution in [-0.4, -0.2) is 33.9 Å². The standard InChI is InChI=1S/C11H12F3N3O2/c12-11(13,14)8-3-4-9(16-15-8)17(7-1-2-7)6-5-10(18)19/h3-4,7H,1-2,5-6H2,(H,18,19). The Balaban J connectivity index is 2.11. The average molecular weight is 275 g/mol. The van der Waals surface area contributed by atoms with Crippen molar-refractivity contribution in [3.63, 3.8) is 0 Å². The maximum atomic E-state index is 12.4. The fourth-order valence-corrected chi connectivity index (χ4v) is 1.72. The number of alkyl halides is 3. The maximum absolute atomic E-state index is 12.4. The number of carboxylic acid groups (broad SMARTS) is 1. The summed E-state index contributed by atoms with van der Waals surface area (Å²) in [6.45, 7) is 0.222. The van der Waals surface area contributed by atoms with Crippen molar-refractivity contribution in [1.82, 2.24) is 10.2 Å². The number of aliphatic carboxylic acids is 1. The quantitative estimate of drug-likeness (QED) is 0.889. The summed E-state index contributed by atoms with van der Waals surface area (Å²) in [6, 6.07) is 2.25. The second-order valence-electron chi connectivity index (χ2n) is 4.34. The third kappa shape index (κ3) is 3.55. The summed E-state index contributed by atoms with van der Waals surface area (Å²) in [7, 11) is 0. The molecule has 1 aliphatic carbocycles. The van der Waals surface area contributed by atoms with Crippen LogP contribution in [0.15, 0.2) is 12.1 Å². The number of nitrogens with zero attached hydrogens (tertiary/aromatic N) is 3. The highest BCUT2D eigenvalue weighted by Crippen LogP contribution is 2.32. The van der Waals surface area contributed by atoms with Gasteiger partial charge < -0.3 is 10.0 Å². The number of hydrogen-bond donors (Lipinski definition) is 1. The molecule has 0 atom stereocenters. The molecule has 0 aromatic carbocycles. The van der Waals surface area contributed by atoms with Crippen LogP contribution in [0.3, 0.4) is 0 Å². The third-order valence-electron chi connectivity index (χ3n) is 2.79. The molecule has 0 bridgehead atoms. The minimum atomic E-state index is -4.52. The molecule has 0 spiro atoms. The molecule has 0 amide bonds. The van der Waals surface area contributed by atoms with E-state index in [1.54, 1.807) is 4.90 Å². The highest BCUT2D eigenvalue weighted by atomic mass is 19.4. The summed E-state index contributed by atoms with van der Waals surface area (Å²) in [5, 5.41) is 15.3. The van der Waals surface area contributed by atoms with E-state index in [4.69, 9.17) is 5.11 Å². The van der Waals surface area contributed by atoms with Gasteiger partial charge in [-0.1, -0.05) is 0 Å². The minimum Gasteiger partial charge on any atom is -0.481 e. The van der Waals surface area contributed by atoms with Gasteiger partial charge in [0.2, 0.25) is 0 Å². The zero-order chi connectivity index (χ0) is 14.0. The Morgan fingerprint density at radius 2 is 2.05 bits per heavy atom. The monoisotopic (exact) mass is 275 g/mol. The van der Waals surface area contributed by atoms with Gasteiger partial charge >= 0.3 is 12.1 Å². The lowest BCUT2D eigenvalue weighted by atomic mass is 10.3. The Bertz CT molecular complexity index is 457. The summed E-state index contributed by atoms with van der Waals surface area (Å²) in [5.41, 5.74) is -1.05. The molecule has 1 aromatic rings. The number of rotatable bonds is 5. The fourth-order valence-electron chi connectivity index (χ4n) is 1.72. The lowest BCUT2D eigenvalue weighted by Gasteiger charge is -2.22. The van der Waals surface area contributed by atoms with Crippen LogP contribution in [-0.2, 0) is 11.0 Å². The average Bonchev–Trinajstić information content (AvgIpc) is 3.13. The zero-order valence-electron chi connectivity index (χ0n) is 9.89. The molecule has 19 heavy (non-hydrogen) atoms. The number of halogens is 3. The molecular formula is C11H12F3N3O2. The number of carboxylic acids is 1. The van der Waals surface area contributed by atoms with E-state index in [9.17, 15) is 18.0 Å². The molecule has 0 unspecified atom stereocenters. The van der Waals surface area contributed by atoms with E-state index in [-0.39, 0.29) is 24.8 Å². The van der Waals surface area contributed by atoms with Gasteiger partial charge in [-0.05, 0) is 25.0 Å². The zero-order valence-corrected chi connectivity index (χ0v) is 9.89. The largest absolute Gasteiger partial charge is 0.481 e. The summed E-state index contributed by atoms with van der Waals surface area (Å²) in [4.78, 5) is 12.2.